The van der Waals surface area contributed by atoms with E-state index in [1.807, 2.05) is 18.2 Å². The van der Waals surface area contributed by atoms with Crippen LogP contribution in [0, 0.1) is 9.49 Å². The molecule has 0 saturated carbocycles. The number of nitrogen functional groups attached to an aromatic ring is 1. The van der Waals surface area contributed by atoms with Crippen molar-refractivity contribution < 1.29 is 4.52 Å². The van der Waals surface area contributed by atoms with Crippen LogP contribution in [0.3, 0.4) is 0 Å². The molecule has 5 heteroatoms. The molecule has 2 aromatic rings. The zero-order valence-corrected chi connectivity index (χ0v) is 13.1. The minimum atomic E-state index is 0.467. The van der Waals surface area contributed by atoms with Gasteiger partial charge in [-0.2, -0.15) is 0 Å². The molecule has 0 fully saturated rings. The van der Waals surface area contributed by atoms with Crippen molar-refractivity contribution in [2.45, 2.75) is 20.3 Å². The maximum atomic E-state index is 6.03. The van der Waals surface area contributed by atoms with Crippen LogP contribution in [0.25, 0.3) is 11.3 Å². The first-order valence-corrected chi connectivity index (χ1v) is 7.14. The van der Waals surface area contributed by atoms with Crippen molar-refractivity contribution in [2.75, 3.05) is 5.73 Å². The third-order valence-electron chi connectivity index (χ3n) is 2.60. The Hall–Kier alpha value is -0.750. The minimum absolute atomic E-state index is 0.467. The molecule has 1 aromatic heterocycles. The summed E-state index contributed by atoms with van der Waals surface area (Å²) in [4.78, 5) is 0. The summed E-state index contributed by atoms with van der Waals surface area (Å²) in [6.45, 7) is 4.28. The fourth-order valence-electron chi connectivity index (χ4n) is 1.81. The predicted molar refractivity (Wildman–Crippen MR) is 82.6 cm³/mol. The van der Waals surface area contributed by atoms with E-state index in [0.717, 1.165) is 26.9 Å². The second-order valence-corrected chi connectivity index (χ2v) is 6.20. The van der Waals surface area contributed by atoms with Crippen LogP contribution in [0.5, 0.6) is 0 Å². The van der Waals surface area contributed by atoms with Crippen molar-refractivity contribution in [1.82, 2.24) is 5.16 Å². The van der Waals surface area contributed by atoms with Crippen LogP contribution in [0.1, 0.15) is 19.4 Å². The van der Waals surface area contributed by atoms with Crippen molar-refractivity contribution in [3.05, 3.63) is 32.4 Å². The van der Waals surface area contributed by atoms with Gasteiger partial charge in [-0.25, -0.2) is 0 Å². The Morgan fingerprint density at radius 2 is 2.17 bits per heavy atom. The molecule has 1 aromatic carbocycles. The molecule has 0 bridgehead atoms. The molecule has 2 N–H and O–H groups in total. The Labute approximate surface area is 125 Å². The molecule has 0 unspecified atom stereocenters. The highest BCUT2D eigenvalue weighted by molar-refractivity contribution is 14.1. The quantitative estimate of drug-likeness (QED) is 0.809. The van der Waals surface area contributed by atoms with Crippen molar-refractivity contribution in [1.29, 1.82) is 0 Å². The maximum absolute atomic E-state index is 6.03. The molecule has 1 heterocycles. The van der Waals surface area contributed by atoms with Crippen LogP contribution in [0.4, 0.5) is 5.82 Å². The molecule has 96 valence electrons. The monoisotopic (exact) mass is 376 g/mol. The summed E-state index contributed by atoms with van der Waals surface area (Å²) in [6, 6.07) is 5.69. The Morgan fingerprint density at radius 3 is 2.83 bits per heavy atom. The van der Waals surface area contributed by atoms with Gasteiger partial charge >= 0.3 is 0 Å². The number of benzene rings is 1. The first kappa shape index (κ1) is 13.7. The second kappa shape index (κ2) is 5.48. The van der Waals surface area contributed by atoms with Crippen LogP contribution >= 0.6 is 34.2 Å². The van der Waals surface area contributed by atoms with Gasteiger partial charge in [0.05, 0.1) is 0 Å². The third-order valence-corrected chi connectivity index (χ3v) is 3.78. The molecule has 18 heavy (non-hydrogen) atoms. The molecule has 3 nitrogen and oxygen atoms in total. The summed E-state index contributed by atoms with van der Waals surface area (Å²) in [6.07, 6.45) is 0.841. The average molecular weight is 377 g/mol. The van der Waals surface area contributed by atoms with Crippen LogP contribution in [-0.4, -0.2) is 5.16 Å². The number of rotatable bonds is 3. The lowest BCUT2D eigenvalue weighted by Crippen LogP contribution is -1.99. The van der Waals surface area contributed by atoms with Gasteiger partial charge in [0, 0.05) is 19.7 Å². The molecule has 2 rings (SSSR count). The van der Waals surface area contributed by atoms with Crippen LogP contribution in [-0.2, 0) is 6.42 Å². The van der Waals surface area contributed by atoms with Crippen LogP contribution in [0.15, 0.2) is 22.7 Å². The largest absolute Gasteiger partial charge is 0.381 e. The molecular formula is C13H14ClIN2O. The van der Waals surface area contributed by atoms with E-state index < -0.39 is 0 Å². The number of nitrogens with two attached hydrogens (primary N) is 1. The van der Waals surface area contributed by atoms with Crippen molar-refractivity contribution >= 4 is 40.0 Å². The number of nitrogens with zero attached hydrogens (tertiary/aromatic N) is 1. The zero-order chi connectivity index (χ0) is 13.3. The van der Waals surface area contributed by atoms with E-state index in [4.69, 9.17) is 21.9 Å². The van der Waals surface area contributed by atoms with Crippen molar-refractivity contribution in [3.63, 3.8) is 0 Å². The highest BCUT2D eigenvalue weighted by Crippen LogP contribution is 2.34. The lowest BCUT2D eigenvalue weighted by Gasteiger charge is -2.07. The van der Waals surface area contributed by atoms with Gasteiger partial charge in [0.1, 0.15) is 0 Å². The molecular weight excluding hydrogens is 363 g/mol. The molecule has 0 atom stereocenters. The maximum Gasteiger partial charge on any atom is 0.173 e. The number of halogens is 2. The topological polar surface area (TPSA) is 52.0 Å². The Balaban J connectivity index is 2.53. The molecule has 0 aliphatic carbocycles. The van der Waals surface area contributed by atoms with Gasteiger partial charge in [0.2, 0.25) is 0 Å². The molecule has 0 radical (unpaired) electrons. The van der Waals surface area contributed by atoms with Gasteiger partial charge in [0.25, 0.3) is 0 Å². The van der Waals surface area contributed by atoms with E-state index in [1.165, 1.54) is 0 Å². The highest BCUT2D eigenvalue weighted by atomic mass is 127. The molecule has 0 saturated heterocycles. The van der Waals surface area contributed by atoms with Gasteiger partial charge in [-0.15, -0.1) is 0 Å². The van der Waals surface area contributed by atoms with E-state index in [0.29, 0.717) is 16.8 Å². The number of hydrogen-bond acceptors (Lipinski definition) is 3. The third kappa shape index (κ3) is 2.80. The van der Waals surface area contributed by atoms with E-state index in [-0.39, 0.29) is 0 Å². The SMILES string of the molecule is CC(C)Cc1c(N)noc1-c1cc(Cl)ccc1I. The van der Waals surface area contributed by atoms with Crippen molar-refractivity contribution in [2.24, 2.45) is 5.92 Å². The standard InChI is InChI=1S/C13H14ClIN2O/c1-7(2)5-10-12(18-17-13(10)16)9-6-8(14)3-4-11(9)15/h3-4,6-7H,5H2,1-2H3,(H2,16,17). The summed E-state index contributed by atoms with van der Waals surface area (Å²) in [5.74, 6) is 1.69. The van der Waals surface area contributed by atoms with Gasteiger partial charge in [-0.05, 0) is 53.1 Å². The number of aromatic nitrogens is 1. The summed E-state index contributed by atoms with van der Waals surface area (Å²) in [7, 11) is 0. The van der Waals surface area contributed by atoms with Crippen LogP contribution < -0.4 is 5.73 Å². The van der Waals surface area contributed by atoms with Gasteiger partial charge in [-0.3, -0.25) is 0 Å². The van der Waals surface area contributed by atoms with E-state index >= 15 is 0 Å². The summed E-state index contributed by atoms with van der Waals surface area (Å²) in [5.41, 5.74) is 7.79. The van der Waals surface area contributed by atoms with E-state index in [2.05, 4.69) is 41.6 Å². The fourth-order valence-corrected chi connectivity index (χ4v) is 2.56. The summed E-state index contributed by atoms with van der Waals surface area (Å²) >= 11 is 8.29. The number of anilines is 1. The summed E-state index contributed by atoms with van der Waals surface area (Å²) in [5, 5.41) is 4.55. The zero-order valence-electron chi connectivity index (χ0n) is 10.2. The van der Waals surface area contributed by atoms with Gasteiger partial charge in [0.15, 0.2) is 11.6 Å². The van der Waals surface area contributed by atoms with E-state index in [9.17, 15) is 0 Å². The minimum Gasteiger partial charge on any atom is -0.381 e. The first-order chi connectivity index (χ1) is 8.49. The smallest absolute Gasteiger partial charge is 0.173 e. The van der Waals surface area contributed by atoms with E-state index in [1.54, 1.807) is 0 Å². The molecule has 0 aliphatic rings. The average Bonchev–Trinajstić information content (AvgIpc) is 2.64. The van der Waals surface area contributed by atoms with Gasteiger partial charge in [-0.1, -0.05) is 30.6 Å². The highest BCUT2D eigenvalue weighted by Gasteiger charge is 2.18. The Kier molecular flexibility index (Phi) is 4.17. The lowest BCUT2D eigenvalue weighted by molar-refractivity contribution is 0.434. The second-order valence-electron chi connectivity index (χ2n) is 4.60. The summed E-state index contributed by atoms with van der Waals surface area (Å²) < 4.78 is 6.45. The molecule has 0 spiro atoms. The lowest BCUT2D eigenvalue weighted by atomic mass is 10.00. The molecule has 0 amide bonds. The Bertz CT molecular complexity index is 566. The molecule has 0 aliphatic heterocycles. The number of hydrogen-bond donors (Lipinski definition) is 1. The van der Waals surface area contributed by atoms with Crippen LogP contribution in [0.2, 0.25) is 5.02 Å². The van der Waals surface area contributed by atoms with Crippen molar-refractivity contribution in [3.8, 4) is 11.3 Å². The Morgan fingerprint density at radius 1 is 1.44 bits per heavy atom. The van der Waals surface area contributed by atoms with Gasteiger partial charge < -0.3 is 10.3 Å². The normalized spacial score (nSPS) is 11.2. The predicted octanol–water partition coefficient (Wildman–Crippen LogP) is 4.38. The first-order valence-electron chi connectivity index (χ1n) is 5.68. The fraction of sp³-hybridized carbons (Fsp3) is 0.308.